The third kappa shape index (κ3) is 6.54. The maximum atomic E-state index is 12.3. The number of hydrogen-bond donors (Lipinski definition) is 1. The van der Waals surface area contributed by atoms with E-state index in [0.29, 0.717) is 36.4 Å². The number of rotatable bonds is 9. The van der Waals surface area contributed by atoms with Gasteiger partial charge in [0.05, 0.1) is 20.2 Å². The molecule has 1 aliphatic rings. The molecule has 0 bridgehead atoms. The smallest absolute Gasteiger partial charge is 0.241 e. The maximum Gasteiger partial charge on any atom is 0.241 e. The summed E-state index contributed by atoms with van der Waals surface area (Å²) < 4.78 is 10.8. The predicted molar refractivity (Wildman–Crippen MR) is 126 cm³/mol. The lowest BCUT2D eigenvalue weighted by Gasteiger charge is -2.33. The van der Waals surface area contributed by atoms with Crippen LogP contribution in [0.5, 0.6) is 5.75 Å². The van der Waals surface area contributed by atoms with Crippen molar-refractivity contribution in [2.24, 2.45) is 0 Å². The number of hydrogen-bond acceptors (Lipinski definition) is 7. The minimum Gasteiger partial charge on any atom is -0.496 e. The van der Waals surface area contributed by atoms with Crippen LogP contribution in [0, 0.1) is 0 Å². The average molecular weight is 470 g/mol. The SMILES string of the molecule is COc1ccccc1CCNC(=O)CN1CCN(Cc2nc(-c3ccc(Cl)cc3)no2)CC1. The van der Waals surface area contributed by atoms with Crippen molar-refractivity contribution < 1.29 is 14.1 Å². The van der Waals surface area contributed by atoms with E-state index in [-0.39, 0.29) is 5.91 Å². The number of para-hydroxylation sites is 1. The van der Waals surface area contributed by atoms with Crippen LogP contribution in [0.1, 0.15) is 11.5 Å². The summed E-state index contributed by atoms with van der Waals surface area (Å²) in [6.07, 6.45) is 0.742. The first-order valence-corrected chi connectivity index (χ1v) is 11.4. The average Bonchev–Trinajstić information content (AvgIpc) is 3.29. The third-order valence-corrected chi connectivity index (χ3v) is 5.92. The van der Waals surface area contributed by atoms with Gasteiger partial charge in [-0.2, -0.15) is 4.98 Å². The van der Waals surface area contributed by atoms with Gasteiger partial charge in [0.15, 0.2) is 0 Å². The summed E-state index contributed by atoms with van der Waals surface area (Å²) in [6, 6.07) is 15.2. The molecule has 1 saturated heterocycles. The molecule has 0 unspecified atom stereocenters. The molecule has 0 aliphatic carbocycles. The highest BCUT2D eigenvalue weighted by Gasteiger charge is 2.21. The Hall–Kier alpha value is -2.94. The van der Waals surface area contributed by atoms with E-state index in [0.717, 1.165) is 49.5 Å². The second kappa shape index (κ2) is 11.3. The summed E-state index contributed by atoms with van der Waals surface area (Å²) in [4.78, 5) is 21.3. The molecule has 1 amide bonds. The van der Waals surface area contributed by atoms with Crippen molar-refractivity contribution in [3.8, 4) is 17.1 Å². The van der Waals surface area contributed by atoms with Gasteiger partial charge < -0.3 is 14.6 Å². The van der Waals surface area contributed by atoms with Gasteiger partial charge in [0.1, 0.15) is 5.75 Å². The van der Waals surface area contributed by atoms with Crippen molar-refractivity contribution in [2.75, 3.05) is 46.4 Å². The number of carbonyl (C=O) groups is 1. The Labute approximate surface area is 198 Å². The molecule has 3 aromatic rings. The highest BCUT2D eigenvalue weighted by molar-refractivity contribution is 6.30. The second-order valence-corrected chi connectivity index (χ2v) is 8.42. The molecule has 9 heteroatoms. The number of nitrogens with one attached hydrogen (secondary N) is 1. The molecule has 2 heterocycles. The van der Waals surface area contributed by atoms with E-state index in [4.69, 9.17) is 20.9 Å². The first kappa shape index (κ1) is 23.2. The lowest BCUT2D eigenvalue weighted by molar-refractivity contribution is -0.122. The summed E-state index contributed by atoms with van der Waals surface area (Å²) in [5.41, 5.74) is 1.96. The molecular weight excluding hydrogens is 442 g/mol. The zero-order valence-electron chi connectivity index (χ0n) is 18.7. The molecular formula is C24H28ClN5O3. The zero-order chi connectivity index (χ0) is 23.0. The van der Waals surface area contributed by atoms with Crippen molar-refractivity contribution in [1.29, 1.82) is 0 Å². The molecule has 0 atom stereocenters. The van der Waals surface area contributed by atoms with Crippen LogP contribution in [0.4, 0.5) is 0 Å². The van der Waals surface area contributed by atoms with Gasteiger partial charge in [0.2, 0.25) is 17.6 Å². The van der Waals surface area contributed by atoms with E-state index in [9.17, 15) is 4.79 Å². The van der Waals surface area contributed by atoms with Gasteiger partial charge in [0.25, 0.3) is 0 Å². The number of amides is 1. The highest BCUT2D eigenvalue weighted by Crippen LogP contribution is 2.19. The normalized spacial score (nSPS) is 14.8. The summed E-state index contributed by atoms with van der Waals surface area (Å²) >= 11 is 5.93. The van der Waals surface area contributed by atoms with Gasteiger partial charge in [-0.1, -0.05) is 35.0 Å². The van der Waals surface area contributed by atoms with Crippen LogP contribution in [0.2, 0.25) is 5.02 Å². The molecule has 1 aliphatic heterocycles. The van der Waals surface area contributed by atoms with Crippen molar-refractivity contribution in [1.82, 2.24) is 25.3 Å². The zero-order valence-corrected chi connectivity index (χ0v) is 19.4. The summed E-state index contributed by atoms with van der Waals surface area (Å²) in [7, 11) is 1.66. The molecule has 1 N–H and O–H groups in total. The van der Waals surface area contributed by atoms with Crippen LogP contribution in [0.25, 0.3) is 11.4 Å². The number of benzene rings is 2. The largest absolute Gasteiger partial charge is 0.496 e. The van der Waals surface area contributed by atoms with Crippen LogP contribution in [0.3, 0.4) is 0 Å². The van der Waals surface area contributed by atoms with Gasteiger partial charge >= 0.3 is 0 Å². The number of nitrogens with zero attached hydrogens (tertiary/aromatic N) is 4. The fourth-order valence-corrected chi connectivity index (χ4v) is 3.96. The minimum atomic E-state index is 0.0443. The van der Waals surface area contributed by atoms with E-state index in [1.165, 1.54) is 0 Å². The Kier molecular flexibility index (Phi) is 7.93. The summed E-state index contributed by atoms with van der Waals surface area (Å²) in [6.45, 7) is 4.91. The molecule has 0 radical (unpaired) electrons. The van der Waals surface area contributed by atoms with E-state index in [2.05, 4.69) is 25.3 Å². The van der Waals surface area contributed by atoms with Crippen LogP contribution < -0.4 is 10.1 Å². The highest BCUT2D eigenvalue weighted by atomic mass is 35.5. The monoisotopic (exact) mass is 469 g/mol. The van der Waals surface area contributed by atoms with E-state index >= 15 is 0 Å². The molecule has 33 heavy (non-hydrogen) atoms. The summed E-state index contributed by atoms with van der Waals surface area (Å²) in [5.74, 6) is 2.04. The van der Waals surface area contributed by atoms with E-state index in [1.54, 1.807) is 19.2 Å². The molecule has 174 valence electrons. The van der Waals surface area contributed by atoms with Crippen LogP contribution in [0.15, 0.2) is 53.1 Å². The Morgan fingerprint density at radius 2 is 1.82 bits per heavy atom. The molecule has 2 aromatic carbocycles. The van der Waals surface area contributed by atoms with Gasteiger partial charge in [-0.25, -0.2) is 0 Å². The number of halogens is 1. The second-order valence-electron chi connectivity index (χ2n) is 7.98. The Bertz CT molecular complexity index is 1050. The van der Waals surface area contributed by atoms with Crippen LogP contribution in [-0.2, 0) is 17.8 Å². The number of piperazine rings is 1. The van der Waals surface area contributed by atoms with Crippen molar-refractivity contribution in [2.45, 2.75) is 13.0 Å². The number of methoxy groups -OCH3 is 1. The quantitative estimate of drug-likeness (QED) is 0.515. The molecule has 1 aromatic heterocycles. The van der Waals surface area contributed by atoms with Gasteiger partial charge in [0, 0.05) is 43.3 Å². The Morgan fingerprint density at radius 3 is 2.58 bits per heavy atom. The third-order valence-electron chi connectivity index (χ3n) is 5.67. The van der Waals surface area contributed by atoms with Gasteiger partial charge in [-0.05, 0) is 42.3 Å². The Balaban J connectivity index is 1.17. The molecule has 1 fully saturated rings. The number of carbonyl (C=O) groups excluding carboxylic acids is 1. The lowest BCUT2D eigenvalue weighted by atomic mass is 10.1. The minimum absolute atomic E-state index is 0.0443. The standard InChI is InChI=1S/C24H28ClN5O3/c1-32-21-5-3-2-4-18(21)10-11-26-22(31)16-29-12-14-30(15-13-29)17-23-27-24(28-33-23)19-6-8-20(25)9-7-19/h2-9H,10-17H2,1H3,(H,26,31). The van der Waals surface area contributed by atoms with Crippen molar-refractivity contribution in [3.63, 3.8) is 0 Å². The number of ether oxygens (including phenoxy) is 1. The lowest BCUT2D eigenvalue weighted by Crippen LogP contribution is -2.49. The fourth-order valence-electron chi connectivity index (χ4n) is 3.84. The van der Waals surface area contributed by atoms with Crippen molar-refractivity contribution >= 4 is 17.5 Å². The molecule has 0 saturated carbocycles. The predicted octanol–water partition coefficient (Wildman–Crippen LogP) is 2.88. The first-order chi connectivity index (χ1) is 16.1. The topological polar surface area (TPSA) is 83.7 Å². The molecule has 4 rings (SSSR count). The van der Waals surface area contributed by atoms with Crippen molar-refractivity contribution in [3.05, 3.63) is 65.0 Å². The van der Waals surface area contributed by atoms with E-state index in [1.807, 2.05) is 36.4 Å². The summed E-state index contributed by atoms with van der Waals surface area (Å²) in [5, 5.41) is 7.75. The molecule has 8 nitrogen and oxygen atoms in total. The van der Waals surface area contributed by atoms with Gasteiger partial charge in [-0.3, -0.25) is 14.6 Å². The van der Waals surface area contributed by atoms with Crippen LogP contribution >= 0.6 is 11.6 Å². The first-order valence-electron chi connectivity index (χ1n) is 11.0. The van der Waals surface area contributed by atoms with Crippen LogP contribution in [-0.4, -0.2) is 72.2 Å². The molecule has 0 spiro atoms. The maximum absolute atomic E-state index is 12.3. The van der Waals surface area contributed by atoms with E-state index < -0.39 is 0 Å². The Morgan fingerprint density at radius 1 is 1.09 bits per heavy atom. The van der Waals surface area contributed by atoms with Gasteiger partial charge in [-0.15, -0.1) is 0 Å². The fraction of sp³-hybridized carbons (Fsp3) is 0.375. The number of aromatic nitrogens is 2.